The average molecular weight is 248 g/mol. The number of carbonyl (C=O) groups excluding carboxylic acids is 4. The summed E-state index contributed by atoms with van der Waals surface area (Å²) < 4.78 is 0. The number of isocyanates is 2. The Labute approximate surface area is 103 Å². The normalized spacial score (nSPS) is 36.6. The maximum Gasteiger partial charge on any atom is 0.260 e. The lowest BCUT2D eigenvalue weighted by molar-refractivity contribution is -0.134. The number of carbonyl (C=O) groups is 2. The predicted octanol–water partition coefficient (Wildman–Crippen LogP) is 0.619. The third kappa shape index (κ3) is 1.86. The summed E-state index contributed by atoms with van der Waals surface area (Å²) in [7, 11) is 0. The van der Waals surface area contributed by atoms with Crippen molar-refractivity contribution >= 4 is 24.0 Å². The van der Waals surface area contributed by atoms with Crippen LogP contribution in [-0.4, -0.2) is 24.0 Å². The van der Waals surface area contributed by atoms with Gasteiger partial charge in [0, 0.05) is 0 Å². The number of nitrogens with zero attached hydrogens (tertiary/aromatic N) is 2. The number of hydrogen-bond donors (Lipinski definition) is 0. The highest BCUT2D eigenvalue weighted by Gasteiger charge is 2.56. The minimum atomic E-state index is -0.634. The molecule has 0 radical (unpaired) electrons. The lowest BCUT2D eigenvalue weighted by Crippen LogP contribution is -2.36. The minimum Gasteiger partial charge on any atom is -0.271 e. The topological polar surface area (TPSA) is 93.0 Å². The molecule has 2 saturated carbocycles. The maximum atomic E-state index is 11.8. The fraction of sp³-hybridized carbons (Fsp3) is 0.667. The third-order valence-corrected chi connectivity index (χ3v) is 4.22. The summed E-state index contributed by atoms with van der Waals surface area (Å²) in [5, 5.41) is 0. The van der Waals surface area contributed by atoms with E-state index in [0.717, 1.165) is 12.8 Å². The second-order valence-corrected chi connectivity index (χ2v) is 5.01. The molecular weight excluding hydrogens is 236 g/mol. The molecule has 2 aliphatic carbocycles. The van der Waals surface area contributed by atoms with Crippen molar-refractivity contribution in [1.82, 2.24) is 0 Å². The van der Waals surface area contributed by atoms with Gasteiger partial charge in [-0.25, -0.2) is 9.59 Å². The van der Waals surface area contributed by atoms with Crippen molar-refractivity contribution in [3.05, 3.63) is 0 Å². The summed E-state index contributed by atoms with van der Waals surface area (Å²) in [6, 6.07) is 0. The second-order valence-electron chi connectivity index (χ2n) is 5.01. The highest BCUT2D eigenvalue weighted by atomic mass is 16.2. The molecule has 2 rings (SSSR count). The Bertz CT molecular complexity index is 488. The summed E-state index contributed by atoms with van der Waals surface area (Å²) in [5.74, 6) is -2.11. The third-order valence-electron chi connectivity index (χ3n) is 4.22. The summed E-state index contributed by atoms with van der Waals surface area (Å²) in [4.78, 5) is 50.1. The van der Waals surface area contributed by atoms with Gasteiger partial charge in [0.25, 0.3) is 11.8 Å². The van der Waals surface area contributed by atoms with Gasteiger partial charge in [-0.15, -0.1) is 9.98 Å². The SMILES string of the molecule is CC1CC2CC1C(C(=O)N=C=O)C2C(=O)N=C=O. The number of aliphatic imine (C=N–C) groups is 2. The minimum absolute atomic E-state index is 0.0374. The molecule has 0 saturated heterocycles. The summed E-state index contributed by atoms with van der Waals surface area (Å²) in [6.45, 7) is 2.01. The molecule has 0 N–H and O–H groups in total. The molecule has 6 heteroatoms. The van der Waals surface area contributed by atoms with Crippen LogP contribution in [0.15, 0.2) is 9.98 Å². The van der Waals surface area contributed by atoms with Crippen LogP contribution in [0.4, 0.5) is 0 Å². The van der Waals surface area contributed by atoms with E-state index in [-0.39, 0.29) is 11.8 Å². The molecular formula is C12H12N2O4. The number of hydrogen-bond acceptors (Lipinski definition) is 4. The van der Waals surface area contributed by atoms with Gasteiger partial charge in [0.2, 0.25) is 12.2 Å². The van der Waals surface area contributed by atoms with E-state index in [1.807, 2.05) is 6.92 Å². The molecule has 0 aromatic carbocycles. The lowest BCUT2D eigenvalue weighted by atomic mass is 9.74. The molecule has 0 aromatic rings. The van der Waals surface area contributed by atoms with Gasteiger partial charge < -0.3 is 0 Å². The van der Waals surface area contributed by atoms with Gasteiger partial charge in [-0.1, -0.05) is 6.92 Å². The molecule has 0 aliphatic heterocycles. The zero-order valence-electron chi connectivity index (χ0n) is 9.83. The Balaban J connectivity index is 2.32. The smallest absolute Gasteiger partial charge is 0.260 e. The van der Waals surface area contributed by atoms with Crippen LogP contribution in [0.25, 0.3) is 0 Å². The van der Waals surface area contributed by atoms with E-state index in [1.54, 1.807) is 0 Å². The van der Waals surface area contributed by atoms with Crippen LogP contribution < -0.4 is 0 Å². The maximum absolute atomic E-state index is 11.8. The highest BCUT2D eigenvalue weighted by Crippen LogP contribution is 2.55. The zero-order valence-corrected chi connectivity index (χ0v) is 9.83. The Morgan fingerprint density at radius 1 is 1.00 bits per heavy atom. The molecule has 0 spiro atoms. The number of rotatable bonds is 2. The van der Waals surface area contributed by atoms with Gasteiger partial charge in [0.1, 0.15) is 0 Å². The van der Waals surface area contributed by atoms with Crippen molar-refractivity contribution in [3.63, 3.8) is 0 Å². The van der Waals surface area contributed by atoms with Gasteiger partial charge in [-0.3, -0.25) is 9.59 Å². The highest BCUT2D eigenvalue weighted by molar-refractivity contribution is 5.93. The second kappa shape index (κ2) is 4.77. The van der Waals surface area contributed by atoms with E-state index in [0.29, 0.717) is 5.92 Å². The van der Waals surface area contributed by atoms with E-state index in [1.165, 1.54) is 12.2 Å². The molecule has 18 heavy (non-hydrogen) atoms. The monoisotopic (exact) mass is 248 g/mol. The van der Waals surface area contributed by atoms with Crippen molar-refractivity contribution in [2.45, 2.75) is 19.8 Å². The van der Waals surface area contributed by atoms with Crippen molar-refractivity contribution < 1.29 is 19.2 Å². The van der Waals surface area contributed by atoms with Crippen LogP contribution in [-0.2, 0) is 19.2 Å². The molecule has 0 heterocycles. The Morgan fingerprint density at radius 2 is 1.56 bits per heavy atom. The number of amides is 2. The fourth-order valence-corrected chi connectivity index (χ4v) is 3.61. The first-order chi connectivity index (χ1) is 8.60. The van der Waals surface area contributed by atoms with Crippen molar-refractivity contribution in [2.75, 3.05) is 0 Å². The molecule has 6 nitrogen and oxygen atoms in total. The standard InChI is InChI=1S/C12H12N2O4/c1-6-2-7-3-8(6)10(12(18)14-5-16)9(7)11(17)13-4-15/h6-10H,2-3H2,1H3. The molecule has 2 bridgehead atoms. The molecule has 94 valence electrons. The lowest BCUT2D eigenvalue weighted by Gasteiger charge is -2.29. The first-order valence-corrected chi connectivity index (χ1v) is 5.83. The average Bonchev–Trinajstić information content (AvgIpc) is 2.85. The first-order valence-electron chi connectivity index (χ1n) is 5.83. The van der Waals surface area contributed by atoms with Gasteiger partial charge in [-0.05, 0) is 30.6 Å². The Morgan fingerprint density at radius 3 is 2.11 bits per heavy atom. The van der Waals surface area contributed by atoms with E-state index in [2.05, 4.69) is 9.98 Å². The van der Waals surface area contributed by atoms with Crippen LogP contribution in [0, 0.1) is 29.6 Å². The largest absolute Gasteiger partial charge is 0.271 e. The van der Waals surface area contributed by atoms with Crippen molar-refractivity contribution in [2.24, 2.45) is 39.6 Å². The van der Waals surface area contributed by atoms with E-state index < -0.39 is 23.7 Å². The van der Waals surface area contributed by atoms with E-state index in [4.69, 9.17) is 0 Å². The Kier molecular flexibility index (Phi) is 3.32. The molecule has 2 fully saturated rings. The van der Waals surface area contributed by atoms with Crippen LogP contribution in [0.1, 0.15) is 19.8 Å². The van der Waals surface area contributed by atoms with E-state index >= 15 is 0 Å². The summed E-state index contributed by atoms with van der Waals surface area (Å²) >= 11 is 0. The molecule has 5 unspecified atom stereocenters. The zero-order chi connectivity index (χ0) is 13.3. The quantitative estimate of drug-likeness (QED) is 0.528. The molecule has 2 amide bonds. The van der Waals surface area contributed by atoms with Crippen molar-refractivity contribution in [1.29, 1.82) is 0 Å². The molecule has 5 atom stereocenters. The fourth-order valence-electron chi connectivity index (χ4n) is 3.61. The van der Waals surface area contributed by atoms with Crippen LogP contribution in [0.5, 0.6) is 0 Å². The predicted molar refractivity (Wildman–Crippen MR) is 58.6 cm³/mol. The van der Waals surface area contributed by atoms with Gasteiger partial charge in [-0.2, -0.15) is 0 Å². The van der Waals surface area contributed by atoms with Crippen LogP contribution in [0.3, 0.4) is 0 Å². The van der Waals surface area contributed by atoms with Crippen LogP contribution >= 0.6 is 0 Å². The Hall–Kier alpha value is -1.90. The van der Waals surface area contributed by atoms with Gasteiger partial charge >= 0.3 is 0 Å². The summed E-state index contributed by atoms with van der Waals surface area (Å²) in [5.41, 5.74) is 0. The van der Waals surface area contributed by atoms with Gasteiger partial charge in [0.05, 0.1) is 11.8 Å². The molecule has 2 aliphatic rings. The van der Waals surface area contributed by atoms with Crippen LogP contribution in [0.2, 0.25) is 0 Å². The first kappa shape index (κ1) is 12.6. The number of fused-ring (bicyclic) bond motifs is 2. The molecule has 0 aromatic heterocycles. The van der Waals surface area contributed by atoms with Gasteiger partial charge in [0.15, 0.2) is 0 Å². The summed E-state index contributed by atoms with van der Waals surface area (Å²) in [6.07, 6.45) is 4.01. The van der Waals surface area contributed by atoms with Crippen molar-refractivity contribution in [3.8, 4) is 0 Å². The van der Waals surface area contributed by atoms with E-state index in [9.17, 15) is 19.2 Å².